The second kappa shape index (κ2) is 6.69. The number of carbonyl (C=O) groups is 1. The smallest absolute Gasteiger partial charge is 0.291 e. The van der Waals surface area contributed by atoms with Crippen molar-refractivity contribution in [3.05, 3.63) is 76.8 Å². The van der Waals surface area contributed by atoms with Crippen LogP contribution < -0.4 is 10.7 Å². The first-order valence-electron chi connectivity index (χ1n) is 8.82. The van der Waals surface area contributed by atoms with Crippen LogP contribution in [0.15, 0.2) is 75.2 Å². The van der Waals surface area contributed by atoms with Gasteiger partial charge in [0, 0.05) is 35.8 Å². The highest BCUT2D eigenvalue weighted by Crippen LogP contribution is 2.30. The number of hydrogen-bond donors (Lipinski definition) is 1. The summed E-state index contributed by atoms with van der Waals surface area (Å²) in [7, 11) is 0. The minimum absolute atomic E-state index is 0.0218. The van der Waals surface area contributed by atoms with Gasteiger partial charge in [0.1, 0.15) is 5.58 Å². The molecule has 0 saturated carbocycles. The van der Waals surface area contributed by atoms with Gasteiger partial charge in [0.25, 0.3) is 5.91 Å². The van der Waals surface area contributed by atoms with Gasteiger partial charge in [-0.3, -0.25) is 9.59 Å². The normalized spacial score (nSPS) is 12.9. The van der Waals surface area contributed by atoms with E-state index in [2.05, 4.69) is 14.9 Å². The summed E-state index contributed by atoms with van der Waals surface area (Å²) >= 11 is 1.74. The van der Waals surface area contributed by atoms with Crippen LogP contribution in [0.5, 0.6) is 0 Å². The fourth-order valence-electron chi connectivity index (χ4n) is 3.21. The van der Waals surface area contributed by atoms with Gasteiger partial charge in [-0.15, -0.1) is 0 Å². The quantitative estimate of drug-likeness (QED) is 0.573. The minimum Gasteiger partial charge on any atom is -0.451 e. The Morgan fingerprint density at radius 2 is 2.04 bits per heavy atom. The predicted molar refractivity (Wildman–Crippen MR) is 109 cm³/mol. The molecule has 4 aromatic rings. The number of anilines is 1. The lowest BCUT2D eigenvalue weighted by Gasteiger charge is -2.07. The largest absolute Gasteiger partial charge is 0.451 e. The molecule has 0 radical (unpaired) electrons. The van der Waals surface area contributed by atoms with Gasteiger partial charge < -0.3 is 14.3 Å². The SMILES string of the molecule is O=C(Nc1cccc(-c2cn3c(n2)SCC3)c1)c1cc(=O)c2ccccc2o1. The Labute approximate surface area is 164 Å². The second-order valence-corrected chi connectivity index (χ2v) is 7.52. The molecule has 0 aliphatic carbocycles. The molecule has 0 bridgehead atoms. The van der Waals surface area contributed by atoms with E-state index in [9.17, 15) is 9.59 Å². The van der Waals surface area contributed by atoms with Gasteiger partial charge in [0.05, 0.1) is 11.1 Å². The molecular weight excluding hydrogens is 374 g/mol. The first-order valence-corrected chi connectivity index (χ1v) is 9.80. The third kappa shape index (κ3) is 2.99. The molecule has 2 aromatic carbocycles. The fourth-order valence-corrected chi connectivity index (χ4v) is 4.16. The van der Waals surface area contributed by atoms with Gasteiger partial charge in [0.2, 0.25) is 0 Å². The molecule has 0 fully saturated rings. The number of aromatic nitrogens is 2. The number of nitrogens with zero attached hydrogens (tertiary/aromatic N) is 2. The number of thioether (sulfide) groups is 1. The minimum atomic E-state index is -0.470. The summed E-state index contributed by atoms with van der Waals surface area (Å²) in [6.07, 6.45) is 2.03. The van der Waals surface area contributed by atoms with Crippen molar-refractivity contribution in [2.45, 2.75) is 11.7 Å². The molecule has 2 aromatic heterocycles. The summed E-state index contributed by atoms with van der Waals surface area (Å²) in [6, 6.07) is 15.5. The second-order valence-electron chi connectivity index (χ2n) is 6.46. The maximum absolute atomic E-state index is 12.6. The lowest BCUT2D eigenvalue weighted by Crippen LogP contribution is -2.15. The van der Waals surface area contributed by atoms with Crippen LogP contribution in [-0.4, -0.2) is 21.2 Å². The predicted octanol–water partition coefficient (Wildman–Crippen LogP) is 4.01. The number of imidazole rings is 1. The number of fused-ring (bicyclic) bond motifs is 2. The van der Waals surface area contributed by atoms with Crippen molar-refractivity contribution in [2.75, 3.05) is 11.1 Å². The molecule has 5 rings (SSSR count). The van der Waals surface area contributed by atoms with Crippen molar-refractivity contribution < 1.29 is 9.21 Å². The van der Waals surface area contributed by atoms with Gasteiger partial charge in [-0.25, -0.2) is 4.98 Å². The van der Waals surface area contributed by atoms with E-state index in [1.165, 1.54) is 6.07 Å². The molecule has 0 spiro atoms. The molecule has 28 heavy (non-hydrogen) atoms. The molecule has 138 valence electrons. The molecule has 6 nitrogen and oxygen atoms in total. The van der Waals surface area contributed by atoms with Crippen LogP contribution in [0.25, 0.3) is 22.2 Å². The van der Waals surface area contributed by atoms with E-state index in [0.29, 0.717) is 16.7 Å². The van der Waals surface area contributed by atoms with Crippen LogP contribution >= 0.6 is 11.8 Å². The molecular formula is C21H15N3O3S. The summed E-state index contributed by atoms with van der Waals surface area (Å²) < 4.78 is 7.74. The highest BCUT2D eigenvalue weighted by atomic mass is 32.2. The maximum Gasteiger partial charge on any atom is 0.291 e. The summed E-state index contributed by atoms with van der Waals surface area (Å²) in [4.78, 5) is 29.5. The molecule has 0 saturated heterocycles. The van der Waals surface area contributed by atoms with Crippen LogP contribution in [0.2, 0.25) is 0 Å². The third-order valence-corrected chi connectivity index (χ3v) is 5.55. The zero-order valence-corrected chi connectivity index (χ0v) is 15.5. The van der Waals surface area contributed by atoms with Crippen molar-refractivity contribution in [2.24, 2.45) is 0 Å². The van der Waals surface area contributed by atoms with Crippen LogP contribution in [0.1, 0.15) is 10.6 Å². The molecule has 1 amide bonds. The Balaban J connectivity index is 1.43. The van der Waals surface area contributed by atoms with Crippen molar-refractivity contribution >= 4 is 34.3 Å². The summed E-state index contributed by atoms with van der Waals surface area (Å²) in [5.74, 6) is 0.560. The first-order chi connectivity index (χ1) is 13.7. The van der Waals surface area contributed by atoms with Gasteiger partial charge in [-0.1, -0.05) is 36.0 Å². The highest BCUT2D eigenvalue weighted by Gasteiger charge is 2.16. The Morgan fingerprint density at radius 1 is 1.14 bits per heavy atom. The summed E-state index contributed by atoms with van der Waals surface area (Å²) in [5, 5.41) is 4.27. The average Bonchev–Trinajstić information content (AvgIpc) is 3.30. The Bertz CT molecular complexity index is 1250. The molecule has 1 aliphatic rings. The fraction of sp³-hybridized carbons (Fsp3) is 0.0952. The number of rotatable bonds is 3. The number of benzene rings is 2. The van der Waals surface area contributed by atoms with Crippen molar-refractivity contribution in [3.8, 4) is 11.3 Å². The molecule has 3 heterocycles. The van der Waals surface area contributed by atoms with Crippen molar-refractivity contribution in [3.63, 3.8) is 0 Å². The standard InChI is InChI=1S/C21H15N3O3S/c25-17-11-19(27-18-7-2-1-6-15(17)18)20(26)22-14-5-3-4-13(10-14)16-12-24-8-9-28-21(24)23-16/h1-7,10-12H,8-9H2,(H,22,26). The number of nitrogens with one attached hydrogen (secondary N) is 1. The maximum atomic E-state index is 12.6. The van der Waals surface area contributed by atoms with Crippen LogP contribution in [-0.2, 0) is 6.54 Å². The van der Waals surface area contributed by atoms with Gasteiger partial charge in [0.15, 0.2) is 16.3 Å². The van der Waals surface area contributed by atoms with E-state index in [-0.39, 0.29) is 11.2 Å². The Hall–Kier alpha value is -3.32. The summed E-state index contributed by atoms with van der Waals surface area (Å²) in [6.45, 7) is 0.963. The molecule has 1 aliphatic heterocycles. The van der Waals surface area contributed by atoms with Gasteiger partial charge in [-0.05, 0) is 24.3 Å². The van der Waals surface area contributed by atoms with Crippen molar-refractivity contribution in [1.29, 1.82) is 0 Å². The number of hydrogen-bond acceptors (Lipinski definition) is 5. The first kappa shape index (κ1) is 16.8. The van der Waals surface area contributed by atoms with E-state index >= 15 is 0 Å². The molecule has 0 unspecified atom stereocenters. The zero-order chi connectivity index (χ0) is 19.1. The lowest BCUT2D eigenvalue weighted by atomic mass is 10.1. The average molecular weight is 389 g/mol. The van der Waals surface area contributed by atoms with E-state index in [4.69, 9.17) is 4.42 Å². The highest BCUT2D eigenvalue weighted by molar-refractivity contribution is 7.99. The third-order valence-electron chi connectivity index (χ3n) is 4.58. The zero-order valence-electron chi connectivity index (χ0n) is 14.7. The van der Waals surface area contributed by atoms with E-state index in [1.807, 2.05) is 24.4 Å². The number of carbonyl (C=O) groups excluding carboxylic acids is 1. The topological polar surface area (TPSA) is 77.1 Å². The molecule has 0 atom stereocenters. The lowest BCUT2D eigenvalue weighted by molar-refractivity contribution is 0.0997. The molecule has 1 N–H and O–H groups in total. The monoisotopic (exact) mass is 389 g/mol. The Kier molecular flexibility index (Phi) is 4.02. The summed E-state index contributed by atoms with van der Waals surface area (Å²) in [5.41, 5.74) is 2.54. The van der Waals surface area contributed by atoms with E-state index in [1.54, 1.807) is 42.1 Å². The van der Waals surface area contributed by atoms with E-state index < -0.39 is 5.91 Å². The number of amides is 1. The van der Waals surface area contributed by atoms with Crippen LogP contribution in [0.4, 0.5) is 5.69 Å². The Morgan fingerprint density at radius 3 is 2.93 bits per heavy atom. The van der Waals surface area contributed by atoms with Crippen LogP contribution in [0, 0.1) is 0 Å². The van der Waals surface area contributed by atoms with Crippen LogP contribution in [0.3, 0.4) is 0 Å². The van der Waals surface area contributed by atoms with Gasteiger partial charge in [-0.2, -0.15) is 0 Å². The van der Waals surface area contributed by atoms with Gasteiger partial charge >= 0.3 is 0 Å². The molecule has 7 heteroatoms. The van der Waals surface area contributed by atoms with E-state index in [0.717, 1.165) is 28.7 Å². The number of para-hydroxylation sites is 1. The van der Waals surface area contributed by atoms with Crippen molar-refractivity contribution in [1.82, 2.24) is 9.55 Å². The number of aryl methyl sites for hydroxylation is 1.